The molecular weight excluding hydrogens is 380 g/mol. The van der Waals surface area contributed by atoms with Gasteiger partial charge in [0, 0.05) is 16.5 Å². The summed E-state index contributed by atoms with van der Waals surface area (Å²) in [7, 11) is -2.14. The average Bonchev–Trinajstić information content (AvgIpc) is 2.44. The number of rotatable bonds is 4. The molecule has 2 rings (SSSR count). The van der Waals surface area contributed by atoms with E-state index >= 15 is 0 Å². The first kappa shape index (κ1) is 16.0. The number of nitrogens with one attached hydrogen (secondary N) is 2. The summed E-state index contributed by atoms with van der Waals surface area (Å²) in [6.45, 7) is 1.83. The van der Waals surface area contributed by atoms with E-state index in [0.717, 1.165) is 5.56 Å². The predicted molar refractivity (Wildman–Crippen MR) is 86.3 cm³/mol. The van der Waals surface area contributed by atoms with Crippen LogP contribution in [0.1, 0.15) is 5.56 Å². The molecule has 0 aliphatic carbocycles. The van der Waals surface area contributed by atoms with Gasteiger partial charge in [-0.25, -0.2) is 18.4 Å². The van der Waals surface area contributed by atoms with Gasteiger partial charge in [0.15, 0.2) is 0 Å². The van der Waals surface area contributed by atoms with Gasteiger partial charge in [0.25, 0.3) is 10.0 Å². The minimum atomic E-state index is -3.78. The van der Waals surface area contributed by atoms with Crippen LogP contribution in [-0.2, 0) is 10.0 Å². The first-order valence-corrected chi connectivity index (χ1v) is 8.47. The third-order valence-corrected chi connectivity index (χ3v) is 5.04. The maximum Gasteiger partial charge on any atom is 0.265 e. The fourth-order valence-corrected chi connectivity index (χ4v) is 3.32. The van der Waals surface area contributed by atoms with Crippen LogP contribution in [-0.4, -0.2) is 25.4 Å². The third kappa shape index (κ3) is 3.63. The van der Waals surface area contributed by atoms with Crippen molar-refractivity contribution in [2.45, 2.75) is 11.8 Å². The standard InChI is InChI=1S/C12H12BrClN4O2S/c1-7-3-9(13)11(4-10(7)14)18-21(19,20)8-5-16-12(15-2)17-6-8/h3-6,18H,1-2H3,(H,15,16,17). The average molecular weight is 392 g/mol. The number of aromatic nitrogens is 2. The van der Waals surface area contributed by atoms with E-state index in [2.05, 4.69) is 35.9 Å². The molecule has 0 saturated heterocycles. The highest BCUT2D eigenvalue weighted by molar-refractivity contribution is 9.10. The zero-order chi connectivity index (χ0) is 15.6. The van der Waals surface area contributed by atoms with E-state index in [0.29, 0.717) is 21.1 Å². The quantitative estimate of drug-likeness (QED) is 0.837. The molecule has 0 aliphatic rings. The number of halogens is 2. The van der Waals surface area contributed by atoms with Crippen molar-refractivity contribution >= 4 is 49.2 Å². The number of nitrogens with zero attached hydrogens (tertiary/aromatic N) is 2. The van der Waals surface area contributed by atoms with Gasteiger partial charge < -0.3 is 5.32 Å². The Labute approximate surface area is 136 Å². The van der Waals surface area contributed by atoms with Crippen molar-refractivity contribution in [3.8, 4) is 0 Å². The van der Waals surface area contributed by atoms with Crippen molar-refractivity contribution < 1.29 is 8.42 Å². The lowest BCUT2D eigenvalue weighted by molar-refractivity contribution is 0.600. The van der Waals surface area contributed by atoms with E-state index in [-0.39, 0.29) is 4.90 Å². The van der Waals surface area contributed by atoms with E-state index in [1.807, 2.05) is 6.92 Å². The van der Waals surface area contributed by atoms with Gasteiger partial charge in [-0.15, -0.1) is 0 Å². The molecular formula is C12H12BrClN4O2S. The Bertz CT molecular complexity index is 766. The Balaban J connectivity index is 2.34. The highest BCUT2D eigenvalue weighted by Gasteiger charge is 2.17. The molecule has 0 unspecified atom stereocenters. The molecule has 0 amide bonds. The van der Waals surface area contributed by atoms with Gasteiger partial charge in [-0.1, -0.05) is 11.6 Å². The normalized spacial score (nSPS) is 11.2. The van der Waals surface area contributed by atoms with Gasteiger partial charge >= 0.3 is 0 Å². The number of aryl methyl sites for hydroxylation is 1. The van der Waals surface area contributed by atoms with Gasteiger partial charge in [0.05, 0.1) is 18.1 Å². The summed E-state index contributed by atoms with van der Waals surface area (Å²) in [4.78, 5) is 7.72. The molecule has 0 aliphatic heterocycles. The molecule has 0 saturated carbocycles. The van der Waals surface area contributed by atoms with Crippen LogP contribution < -0.4 is 10.0 Å². The maximum atomic E-state index is 12.3. The van der Waals surface area contributed by atoms with Crippen LogP contribution in [0.3, 0.4) is 0 Å². The molecule has 112 valence electrons. The number of sulfonamides is 1. The molecule has 1 aromatic heterocycles. The molecule has 1 aromatic carbocycles. The highest BCUT2D eigenvalue weighted by Crippen LogP contribution is 2.30. The first-order valence-electron chi connectivity index (χ1n) is 5.82. The molecule has 1 heterocycles. The molecule has 9 heteroatoms. The molecule has 0 bridgehead atoms. The van der Waals surface area contributed by atoms with Gasteiger partial charge in [0.1, 0.15) is 4.90 Å². The smallest absolute Gasteiger partial charge is 0.265 e. The van der Waals surface area contributed by atoms with Crippen molar-refractivity contribution in [3.05, 3.63) is 39.6 Å². The topological polar surface area (TPSA) is 84.0 Å². The van der Waals surface area contributed by atoms with Gasteiger partial charge in [-0.2, -0.15) is 0 Å². The second-order valence-electron chi connectivity index (χ2n) is 4.18. The van der Waals surface area contributed by atoms with E-state index in [1.54, 1.807) is 19.2 Å². The Kier molecular flexibility index (Phi) is 4.70. The van der Waals surface area contributed by atoms with Crippen LogP contribution in [0.15, 0.2) is 33.9 Å². The molecule has 0 spiro atoms. The van der Waals surface area contributed by atoms with Gasteiger partial charge in [-0.05, 0) is 40.5 Å². The minimum Gasteiger partial charge on any atom is -0.357 e. The van der Waals surface area contributed by atoms with E-state index in [1.165, 1.54) is 12.4 Å². The summed E-state index contributed by atoms with van der Waals surface area (Å²) in [5.41, 5.74) is 1.19. The number of hydrogen-bond donors (Lipinski definition) is 2. The summed E-state index contributed by atoms with van der Waals surface area (Å²) < 4.78 is 27.6. The van der Waals surface area contributed by atoms with Crippen LogP contribution in [0, 0.1) is 6.92 Å². The summed E-state index contributed by atoms with van der Waals surface area (Å²) in [5, 5.41) is 3.19. The Morgan fingerprint density at radius 3 is 2.43 bits per heavy atom. The van der Waals surface area contributed by atoms with Crippen molar-refractivity contribution in [1.29, 1.82) is 0 Å². The maximum absolute atomic E-state index is 12.3. The number of benzene rings is 1. The van der Waals surface area contributed by atoms with Crippen LogP contribution in [0.5, 0.6) is 0 Å². The minimum absolute atomic E-state index is 0.0369. The van der Waals surface area contributed by atoms with Crippen LogP contribution in [0.2, 0.25) is 5.02 Å². The first-order chi connectivity index (χ1) is 9.83. The number of hydrogen-bond acceptors (Lipinski definition) is 5. The summed E-state index contributed by atoms with van der Waals surface area (Å²) in [6.07, 6.45) is 2.45. The fourth-order valence-electron chi connectivity index (χ4n) is 1.51. The summed E-state index contributed by atoms with van der Waals surface area (Å²) in [5.74, 6) is 0.341. The molecule has 2 N–H and O–H groups in total. The van der Waals surface area contributed by atoms with Crippen molar-refractivity contribution in [2.24, 2.45) is 0 Å². The lowest BCUT2D eigenvalue weighted by Crippen LogP contribution is -2.14. The lowest BCUT2D eigenvalue weighted by atomic mass is 10.2. The summed E-state index contributed by atoms with van der Waals surface area (Å²) >= 11 is 9.31. The predicted octanol–water partition coefficient (Wildman–Crippen LogP) is 3.04. The van der Waals surface area contributed by atoms with Gasteiger partial charge in [0.2, 0.25) is 5.95 Å². The van der Waals surface area contributed by atoms with Crippen molar-refractivity contribution in [3.63, 3.8) is 0 Å². The Morgan fingerprint density at radius 1 is 1.24 bits per heavy atom. The van der Waals surface area contributed by atoms with E-state index in [9.17, 15) is 8.42 Å². The third-order valence-electron chi connectivity index (χ3n) is 2.65. The molecule has 0 radical (unpaired) electrons. The molecule has 6 nitrogen and oxygen atoms in total. The Morgan fingerprint density at radius 2 is 1.86 bits per heavy atom. The number of anilines is 2. The van der Waals surface area contributed by atoms with Crippen LogP contribution >= 0.6 is 27.5 Å². The molecule has 0 fully saturated rings. The van der Waals surface area contributed by atoms with E-state index in [4.69, 9.17) is 11.6 Å². The van der Waals surface area contributed by atoms with Crippen LogP contribution in [0.25, 0.3) is 0 Å². The van der Waals surface area contributed by atoms with Gasteiger partial charge in [-0.3, -0.25) is 4.72 Å². The Hall–Kier alpha value is -1.38. The fraction of sp³-hybridized carbons (Fsp3) is 0.167. The SMILES string of the molecule is CNc1ncc(S(=O)(=O)Nc2cc(Cl)c(C)cc2Br)cn1. The highest BCUT2D eigenvalue weighted by atomic mass is 79.9. The largest absolute Gasteiger partial charge is 0.357 e. The van der Waals surface area contributed by atoms with E-state index < -0.39 is 10.0 Å². The molecule has 2 aromatic rings. The second kappa shape index (κ2) is 6.17. The molecule has 21 heavy (non-hydrogen) atoms. The van der Waals surface area contributed by atoms with Crippen molar-refractivity contribution in [1.82, 2.24) is 9.97 Å². The lowest BCUT2D eigenvalue weighted by Gasteiger charge is -2.11. The second-order valence-corrected chi connectivity index (χ2v) is 7.12. The zero-order valence-electron chi connectivity index (χ0n) is 11.2. The van der Waals surface area contributed by atoms with Crippen LogP contribution in [0.4, 0.5) is 11.6 Å². The molecule has 0 atom stereocenters. The summed E-state index contributed by atoms with van der Waals surface area (Å²) in [6, 6.07) is 3.28. The zero-order valence-corrected chi connectivity index (χ0v) is 14.3. The monoisotopic (exact) mass is 390 g/mol. The van der Waals surface area contributed by atoms with Crippen molar-refractivity contribution in [2.75, 3.05) is 17.1 Å².